The Bertz CT molecular complexity index is 672. The van der Waals surface area contributed by atoms with Crippen LogP contribution in [-0.4, -0.2) is 43.7 Å². The molecule has 0 aromatic heterocycles. The van der Waals surface area contributed by atoms with Crippen LogP contribution in [0.4, 0.5) is 0 Å². The largest absolute Gasteiger partial charge is 0.465 e. The molecule has 0 saturated carbocycles. The van der Waals surface area contributed by atoms with Gasteiger partial charge in [-0.15, -0.1) is 0 Å². The normalized spacial score (nSPS) is 18.3. The molecule has 1 aliphatic heterocycles. The van der Waals surface area contributed by atoms with E-state index < -0.39 is 0 Å². The van der Waals surface area contributed by atoms with E-state index in [1.54, 1.807) is 0 Å². The van der Waals surface area contributed by atoms with Crippen LogP contribution >= 0.6 is 0 Å². The number of nitrogens with zero attached hydrogens (tertiary/aromatic N) is 1. The summed E-state index contributed by atoms with van der Waals surface area (Å²) < 4.78 is 4.90. The highest BCUT2D eigenvalue weighted by Gasteiger charge is 2.21. The zero-order valence-electron chi connectivity index (χ0n) is 14.1. The average Bonchev–Trinajstić information content (AvgIpc) is 2.63. The Morgan fingerprint density at radius 3 is 2.71 bits per heavy atom. The van der Waals surface area contributed by atoms with Gasteiger partial charge in [-0.3, -0.25) is 4.90 Å². The van der Waals surface area contributed by atoms with Crippen LogP contribution in [0.15, 0.2) is 54.6 Å². The SMILES string of the molecule is COC(=O)c1ccccc1CN1CCN[C@H](Cc2ccccc2)C1. The highest BCUT2D eigenvalue weighted by atomic mass is 16.5. The zero-order valence-corrected chi connectivity index (χ0v) is 14.1. The van der Waals surface area contributed by atoms with Gasteiger partial charge in [0.2, 0.25) is 0 Å². The summed E-state index contributed by atoms with van der Waals surface area (Å²) in [7, 11) is 1.43. The summed E-state index contributed by atoms with van der Waals surface area (Å²) in [6.45, 7) is 3.71. The summed E-state index contributed by atoms with van der Waals surface area (Å²) in [4.78, 5) is 14.3. The number of carbonyl (C=O) groups is 1. The van der Waals surface area contributed by atoms with E-state index in [1.807, 2.05) is 30.3 Å². The highest BCUT2D eigenvalue weighted by molar-refractivity contribution is 5.90. The topological polar surface area (TPSA) is 41.6 Å². The first kappa shape index (κ1) is 16.7. The van der Waals surface area contributed by atoms with Gasteiger partial charge in [-0.2, -0.15) is 0 Å². The summed E-state index contributed by atoms with van der Waals surface area (Å²) in [6.07, 6.45) is 1.02. The van der Waals surface area contributed by atoms with Crippen molar-refractivity contribution in [3.63, 3.8) is 0 Å². The number of methoxy groups -OCH3 is 1. The first-order valence-electron chi connectivity index (χ1n) is 8.42. The van der Waals surface area contributed by atoms with E-state index in [0.717, 1.165) is 38.2 Å². The van der Waals surface area contributed by atoms with Crippen molar-refractivity contribution in [3.05, 3.63) is 71.3 Å². The van der Waals surface area contributed by atoms with Crippen molar-refractivity contribution >= 4 is 5.97 Å². The molecule has 4 heteroatoms. The predicted octanol–water partition coefficient (Wildman–Crippen LogP) is 2.49. The Labute approximate surface area is 143 Å². The molecule has 1 atom stereocenters. The van der Waals surface area contributed by atoms with Gasteiger partial charge >= 0.3 is 5.97 Å². The molecule has 3 rings (SSSR count). The molecule has 24 heavy (non-hydrogen) atoms. The minimum atomic E-state index is -0.262. The van der Waals surface area contributed by atoms with Gasteiger partial charge in [-0.25, -0.2) is 4.79 Å². The fourth-order valence-corrected chi connectivity index (χ4v) is 3.28. The van der Waals surface area contributed by atoms with Crippen LogP contribution in [-0.2, 0) is 17.7 Å². The molecule has 4 nitrogen and oxygen atoms in total. The van der Waals surface area contributed by atoms with E-state index in [9.17, 15) is 4.79 Å². The van der Waals surface area contributed by atoms with Gasteiger partial charge in [-0.05, 0) is 23.6 Å². The minimum Gasteiger partial charge on any atom is -0.465 e. The zero-order chi connectivity index (χ0) is 16.8. The van der Waals surface area contributed by atoms with Crippen molar-refractivity contribution in [2.75, 3.05) is 26.7 Å². The van der Waals surface area contributed by atoms with E-state index >= 15 is 0 Å². The number of ether oxygens (including phenoxy) is 1. The standard InChI is InChI=1S/C20H24N2O2/c1-24-20(23)19-10-6-5-9-17(19)14-22-12-11-21-18(15-22)13-16-7-3-2-4-8-16/h2-10,18,21H,11-15H2,1H3/t18-/m1/s1. The number of piperazine rings is 1. The van der Waals surface area contributed by atoms with Crippen LogP contribution in [0, 0.1) is 0 Å². The van der Waals surface area contributed by atoms with Crippen molar-refractivity contribution in [2.24, 2.45) is 0 Å². The van der Waals surface area contributed by atoms with Gasteiger partial charge < -0.3 is 10.1 Å². The van der Waals surface area contributed by atoms with Crippen molar-refractivity contribution in [1.82, 2.24) is 10.2 Å². The first-order chi connectivity index (χ1) is 11.8. The van der Waals surface area contributed by atoms with Crippen LogP contribution in [0.5, 0.6) is 0 Å². The third-order valence-electron chi connectivity index (χ3n) is 4.48. The summed E-state index contributed by atoms with van der Waals surface area (Å²) in [5.74, 6) is -0.262. The van der Waals surface area contributed by atoms with Gasteiger partial charge in [0.25, 0.3) is 0 Å². The van der Waals surface area contributed by atoms with Crippen molar-refractivity contribution in [3.8, 4) is 0 Å². The van der Waals surface area contributed by atoms with Crippen LogP contribution in [0.2, 0.25) is 0 Å². The smallest absolute Gasteiger partial charge is 0.338 e. The molecule has 0 amide bonds. The van der Waals surface area contributed by atoms with E-state index in [1.165, 1.54) is 12.7 Å². The maximum absolute atomic E-state index is 11.9. The van der Waals surface area contributed by atoms with Crippen LogP contribution in [0.3, 0.4) is 0 Å². The number of carbonyl (C=O) groups excluding carboxylic acids is 1. The monoisotopic (exact) mass is 324 g/mol. The van der Waals surface area contributed by atoms with Crippen LogP contribution < -0.4 is 5.32 Å². The number of hydrogen-bond donors (Lipinski definition) is 1. The maximum atomic E-state index is 11.9. The summed E-state index contributed by atoms with van der Waals surface area (Å²) in [5, 5.41) is 3.60. The average molecular weight is 324 g/mol. The molecule has 2 aromatic rings. The molecule has 0 spiro atoms. The number of benzene rings is 2. The van der Waals surface area contributed by atoms with Gasteiger partial charge in [0.05, 0.1) is 12.7 Å². The lowest BCUT2D eigenvalue weighted by molar-refractivity contribution is 0.0598. The molecule has 1 aliphatic rings. The van der Waals surface area contributed by atoms with E-state index in [-0.39, 0.29) is 5.97 Å². The molecular weight excluding hydrogens is 300 g/mol. The van der Waals surface area contributed by atoms with Crippen LogP contribution in [0.1, 0.15) is 21.5 Å². The number of rotatable bonds is 5. The molecule has 1 fully saturated rings. The molecule has 1 heterocycles. The summed E-state index contributed by atoms with van der Waals surface area (Å²) in [5.41, 5.74) is 3.05. The summed E-state index contributed by atoms with van der Waals surface area (Å²) >= 11 is 0. The van der Waals surface area contributed by atoms with E-state index in [2.05, 4.69) is 34.5 Å². The second-order valence-electron chi connectivity index (χ2n) is 6.22. The lowest BCUT2D eigenvalue weighted by Crippen LogP contribution is -2.51. The fourth-order valence-electron chi connectivity index (χ4n) is 3.28. The Balaban J connectivity index is 1.65. The second kappa shape index (κ2) is 8.08. The number of nitrogens with one attached hydrogen (secondary N) is 1. The predicted molar refractivity (Wildman–Crippen MR) is 95.0 cm³/mol. The van der Waals surface area contributed by atoms with Gasteiger partial charge in [0.1, 0.15) is 0 Å². The Morgan fingerprint density at radius 2 is 1.92 bits per heavy atom. The lowest BCUT2D eigenvalue weighted by Gasteiger charge is -2.34. The maximum Gasteiger partial charge on any atom is 0.338 e. The molecule has 0 aliphatic carbocycles. The summed E-state index contributed by atoms with van der Waals surface area (Å²) in [6, 6.07) is 18.7. The Morgan fingerprint density at radius 1 is 1.17 bits per heavy atom. The lowest BCUT2D eigenvalue weighted by atomic mass is 10.0. The van der Waals surface area contributed by atoms with Gasteiger partial charge in [0.15, 0.2) is 0 Å². The molecular formula is C20H24N2O2. The second-order valence-corrected chi connectivity index (χ2v) is 6.22. The minimum absolute atomic E-state index is 0.262. The third-order valence-corrected chi connectivity index (χ3v) is 4.48. The molecule has 1 saturated heterocycles. The van der Waals surface area contributed by atoms with Crippen molar-refractivity contribution < 1.29 is 9.53 Å². The Kier molecular flexibility index (Phi) is 5.62. The van der Waals surface area contributed by atoms with Crippen molar-refractivity contribution in [2.45, 2.75) is 19.0 Å². The van der Waals surface area contributed by atoms with Gasteiger partial charge in [-0.1, -0.05) is 48.5 Å². The quantitative estimate of drug-likeness (QED) is 0.858. The first-order valence-corrected chi connectivity index (χ1v) is 8.42. The third kappa shape index (κ3) is 4.22. The van der Waals surface area contributed by atoms with Crippen molar-refractivity contribution in [1.29, 1.82) is 0 Å². The molecule has 126 valence electrons. The number of hydrogen-bond acceptors (Lipinski definition) is 4. The molecule has 0 radical (unpaired) electrons. The highest BCUT2D eigenvalue weighted by Crippen LogP contribution is 2.15. The Hall–Kier alpha value is -2.17. The number of esters is 1. The van der Waals surface area contributed by atoms with E-state index in [4.69, 9.17) is 4.74 Å². The molecule has 0 bridgehead atoms. The fraction of sp³-hybridized carbons (Fsp3) is 0.350. The molecule has 1 N–H and O–H groups in total. The molecule has 2 aromatic carbocycles. The van der Waals surface area contributed by atoms with Gasteiger partial charge in [0, 0.05) is 32.2 Å². The molecule has 0 unspecified atom stereocenters. The van der Waals surface area contributed by atoms with E-state index in [0.29, 0.717) is 11.6 Å². The van der Waals surface area contributed by atoms with Crippen LogP contribution in [0.25, 0.3) is 0 Å².